The maximum atomic E-state index is 8.27. The first-order valence-electron chi connectivity index (χ1n) is 3.99. The summed E-state index contributed by atoms with van der Waals surface area (Å²) in [6.45, 7) is 6.72. The molecule has 0 bridgehead atoms. The van der Waals surface area contributed by atoms with Gasteiger partial charge in [-0.2, -0.15) is 5.26 Å². The van der Waals surface area contributed by atoms with Gasteiger partial charge in [-0.25, -0.2) is 0 Å². The first-order chi connectivity index (χ1) is 6.35. The lowest BCUT2D eigenvalue weighted by Gasteiger charge is -1.88. The number of nitriles is 1. The van der Waals surface area contributed by atoms with Gasteiger partial charge in [0, 0.05) is 0 Å². The van der Waals surface area contributed by atoms with E-state index in [0.717, 1.165) is 5.56 Å². The summed E-state index contributed by atoms with van der Waals surface area (Å²) in [7, 11) is 0. The van der Waals surface area contributed by atoms with Crippen LogP contribution in [-0.2, 0) is 6.42 Å². The van der Waals surface area contributed by atoms with Crippen molar-refractivity contribution >= 4 is 0 Å². The van der Waals surface area contributed by atoms with Crippen molar-refractivity contribution in [2.75, 3.05) is 0 Å². The minimum Gasteiger partial charge on any atom is -0.198 e. The standard InChI is InChI=1S/C8H7N.C4H6/c9-7-6-8-4-2-1-3-5-8;1-3-4-2/h1-5H,6H2;3-4H,1-2H2. The smallest absolute Gasteiger partial charge is 0.0669 e. The van der Waals surface area contributed by atoms with E-state index in [1.54, 1.807) is 12.2 Å². The number of hydrogen-bond donors (Lipinski definition) is 0. The molecule has 0 atom stereocenters. The highest BCUT2D eigenvalue weighted by atomic mass is 14.2. The molecule has 0 saturated carbocycles. The quantitative estimate of drug-likeness (QED) is 0.627. The fraction of sp³-hybridized carbons (Fsp3) is 0.0833. The summed E-state index contributed by atoms with van der Waals surface area (Å²) in [6, 6.07) is 11.8. The van der Waals surface area contributed by atoms with Crippen molar-refractivity contribution in [1.82, 2.24) is 0 Å². The maximum Gasteiger partial charge on any atom is 0.0669 e. The second-order valence-electron chi connectivity index (χ2n) is 2.29. The van der Waals surface area contributed by atoms with Gasteiger partial charge in [-0.1, -0.05) is 55.6 Å². The van der Waals surface area contributed by atoms with Crippen molar-refractivity contribution in [2.45, 2.75) is 6.42 Å². The van der Waals surface area contributed by atoms with Crippen LogP contribution in [-0.4, -0.2) is 0 Å². The van der Waals surface area contributed by atoms with Crippen LogP contribution in [0.15, 0.2) is 55.6 Å². The van der Waals surface area contributed by atoms with Gasteiger partial charge in [-0.05, 0) is 5.56 Å². The zero-order valence-corrected chi connectivity index (χ0v) is 7.61. The maximum absolute atomic E-state index is 8.27. The molecule has 66 valence electrons. The summed E-state index contributed by atoms with van der Waals surface area (Å²) in [6.07, 6.45) is 3.79. The third kappa shape index (κ3) is 6.58. The lowest BCUT2D eigenvalue weighted by Crippen LogP contribution is -1.76. The van der Waals surface area contributed by atoms with Crippen LogP contribution in [0.4, 0.5) is 0 Å². The summed E-state index contributed by atoms with van der Waals surface area (Å²) in [5.74, 6) is 0. The van der Waals surface area contributed by atoms with E-state index in [4.69, 9.17) is 5.26 Å². The van der Waals surface area contributed by atoms with Crippen LogP contribution in [0.2, 0.25) is 0 Å². The fourth-order valence-corrected chi connectivity index (χ4v) is 0.687. The predicted octanol–water partition coefficient (Wildman–Crippen LogP) is 3.11. The minimum atomic E-state index is 0.515. The Kier molecular flexibility index (Phi) is 7.13. The van der Waals surface area contributed by atoms with Gasteiger partial charge in [0.05, 0.1) is 12.5 Å². The molecule has 0 unspecified atom stereocenters. The monoisotopic (exact) mass is 171 g/mol. The number of rotatable bonds is 2. The molecular weight excluding hydrogens is 158 g/mol. The Hall–Kier alpha value is -1.81. The summed E-state index contributed by atoms with van der Waals surface area (Å²) in [4.78, 5) is 0. The van der Waals surface area contributed by atoms with Gasteiger partial charge in [0.25, 0.3) is 0 Å². The molecule has 0 radical (unpaired) electrons. The molecule has 1 rings (SSSR count). The van der Waals surface area contributed by atoms with E-state index in [1.165, 1.54) is 0 Å². The Balaban J connectivity index is 0.000000310. The fourth-order valence-electron chi connectivity index (χ4n) is 0.687. The van der Waals surface area contributed by atoms with E-state index >= 15 is 0 Å². The Morgan fingerprint density at radius 3 is 2.08 bits per heavy atom. The molecule has 1 aromatic rings. The van der Waals surface area contributed by atoms with Crippen LogP contribution < -0.4 is 0 Å². The van der Waals surface area contributed by atoms with Gasteiger partial charge in [-0.3, -0.25) is 0 Å². The van der Waals surface area contributed by atoms with Gasteiger partial charge in [0.2, 0.25) is 0 Å². The van der Waals surface area contributed by atoms with E-state index < -0.39 is 0 Å². The van der Waals surface area contributed by atoms with E-state index in [9.17, 15) is 0 Å². The molecule has 0 aliphatic carbocycles. The van der Waals surface area contributed by atoms with Gasteiger partial charge < -0.3 is 0 Å². The molecular formula is C12H13N. The molecule has 0 fully saturated rings. The predicted molar refractivity (Wildman–Crippen MR) is 56.2 cm³/mol. The van der Waals surface area contributed by atoms with Gasteiger partial charge in [-0.15, -0.1) is 0 Å². The zero-order valence-electron chi connectivity index (χ0n) is 7.61. The van der Waals surface area contributed by atoms with Crippen LogP contribution in [0.5, 0.6) is 0 Å². The summed E-state index contributed by atoms with van der Waals surface area (Å²) in [5.41, 5.74) is 1.08. The summed E-state index contributed by atoms with van der Waals surface area (Å²) in [5, 5.41) is 8.27. The van der Waals surface area contributed by atoms with Crippen molar-refractivity contribution in [2.24, 2.45) is 0 Å². The molecule has 1 nitrogen and oxygen atoms in total. The SMILES string of the molecule is C=CC=C.N#CCc1ccccc1. The molecule has 13 heavy (non-hydrogen) atoms. The summed E-state index contributed by atoms with van der Waals surface area (Å²) >= 11 is 0. The largest absolute Gasteiger partial charge is 0.198 e. The highest BCUT2D eigenvalue weighted by Crippen LogP contribution is 1.96. The van der Waals surface area contributed by atoms with Gasteiger partial charge >= 0.3 is 0 Å². The molecule has 0 aromatic heterocycles. The van der Waals surface area contributed by atoms with E-state index in [2.05, 4.69) is 19.2 Å². The normalized spacial score (nSPS) is 7.31. The van der Waals surface area contributed by atoms with Crippen molar-refractivity contribution in [1.29, 1.82) is 5.26 Å². The van der Waals surface area contributed by atoms with E-state index in [0.29, 0.717) is 6.42 Å². The van der Waals surface area contributed by atoms with E-state index in [-0.39, 0.29) is 0 Å². The van der Waals surface area contributed by atoms with Gasteiger partial charge in [0.1, 0.15) is 0 Å². The van der Waals surface area contributed by atoms with Crippen molar-refractivity contribution in [3.05, 3.63) is 61.2 Å². The number of allylic oxidation sites excluding steroid dienone is 2. The second-order valence-corrected chi connectivity index (χ2v) is 2.29. The van der Waals surface area contributed by atoms with Crippen LogP contribution in [0, 0.1) is 11.3 Å². The van der Waals surface area contributed by atoms with Crippen molar-refractivity contribution in [3.63, 3.8) is 0 Å². The van der Waals surface area contributed by atoms with Crippen LogP contribution in [0.1, 0.15) is 5.56 Å². The summed E-state index contributed by atoms with van der Waals surface area (Å²) < 4.78 is 0. The van der Waals surface area contributed by atoms with Crippen LogP contribution in [0.3, 0.4) is 0 Å². The molecule has 0 heterocycles. The van der Waals surface area contributed by atoms with Crippen LogP contribution >= 0.6 is 0 Å². The Bertz CT molecular complexity index is 274. The third-order valence-electron chi connectivity index (χ3n) is 1.29. The molecule has 0 spiro atoms. The Morgan fingerprint density at radius 2 is 1.69 bits per heavy atom. The lowest BCUT2D eigenvalue weighted by molar-refractivity contribution is 1.26. The number of hydrogen-bond acceptors (Lipinski definition) is 1. The molecule has 1 heteroatoms. The third-order valence-corrected chi connectivity index (χ3v) is 1.29. The topological polar surface area (TPSA) is 23.8 Å². The van der Waals surface area contributed by atoms with Crippen molar-refractivity contribution < 1.29 is 0 Å². The highest BCUT2D eigenvalue weighted by Gasteiger charge is 1.84. The van der Waals surface area contributed by atoms with E-state index in [1.807, 2.05) is 30.3 Å². The average Bonchev–Trinajstić information content (AvgIpc) is 2.20. The molecule has 0 amide bonds. The highest BCUT2D eigenvalue weighted by molar-refractivity contribution is 5.17. The molecule has 0 aliphatic heterocycles. The Morgan fingerprint density at radius 1 is 1.15 bits per heavy atom. The molecule has 1 aromatic carbocycles. The molecule has 0 N–H and O–H groups in total. The first kappa shape index (κ1) is 11.2. The van der Waals surface area contributed by atoms with Crippen molar-refractivity contribution in [3.8, 4) is 6.07 Å². The minimum absolute atomic E-state index is 0.515. The average molecular weight is 171 g/mol. The first-order valence-corrected chi connectivity index (χ1v) is 3.99. The zero-order chi connectivity index (χ0) is 9.94. The number of nitrogens with zero attached hydrogens (tertiary/aromatic N) is 1. The lowest BCUT2D eigenvalue weighted by atomic mass is 10.2. The number of benzene rings is 1. The van der Waals surface area contributed by atoms with Gasteiger partial charge in [0.15, 0.2) is 0 Å². The second kappa shape index (κ2) is 8.29. The Labute approximate surface area is 79.6 Å². The van der Waals surface area contributed by atoms with Crippen LogP contribution in [0.25, 0.3) is 0 Å². The molecule has 0 aliphatic rings. The molecule has 0 saturated heterocycles.